The van der Waals surface area contributed by atoms with Crippen LogP contribution in [0.4, 0.5) is 0 Å². The number of hydrogen-bond acceptors (Lipinski definition) is 4. The van der Waals surface area contributed by atoms with Gasteiger partial charge in [0.15, 0.2) is 0 Å². The maximum atomic E-state index is 12.0. The van der Waals surface area contributed by atoms with Gasteiger partial charge in [-0.15, -0.1) is 0 Å². The number of benzene rings is 1. The SMILES string of the molecule is Cc1[nH]c(=O)c(C#N)c(C)c1CCC(=O)NCCNC(=O)c1ccccc1. The van der Waals surface area contributed by atoms with Crippen LogP contribution in [0.5, 0.6) is 0 Å². The molecule has 0 unspecified atom stereocenters. The quantitative estimate of drug-likeness (QED) is 0.642. The Balaban J connectivity index is 1.80. The minimum absolute atomic E-state index is 0.0830. The molecule has 3 N–H and O–H groups in total. The molecule has 0 radical (unpaired) electrons. The van der Waals surface area contributed by atoms with Crippen LogP contribution in [-0.4, -0.2) is 29.9 Å². The molecule has 0 aliphatic rings. The molecule has 0 saturated carbocycles. The highest BCUT2D eigenvalue weighted by Crippen LogP contribution is 2.14. The first kappa shape index (κ1) is 19.9. The van der Waals surface area contributed by atoms with Crippen LogP contribution in [0.1, 0.15) is 39.2 Å². The summed E-state index contributed by atoms with van der Waals surface area (Å²) in [6, 6.07) is 10.8. The summed E-state index contributed by atoms with van der Waals surface area (Å²) in [5, 5.41) is 14.6. The molecule has 2 amide bonds. The second kappa shape index (κ2) is 9.34. The van der Waals surface area contributed by atoms with E-state index in [0.717, 1.165) is 5.56 Å². The standard InChI is InChI=1S/C20H22N4O3/c1-13-16(14(2)24-20(27)17(13)12-21)8-9-18(25)22-10-11-23-19(26)15-6-4-3-5-7-15/h3-7H,8-11H2,1-2H3,(H,22,25)(H,23,26)(H,24,27). The number of pyridine rings is 1. The van der Waals surface area contributed by atoms with Crippen molar-refractivity contribution in [2.45, 2.75) is 26.7 Å². The van der Waals surface area contributed by atoms with Crippen molar-refractivity contribution in [2.75, 3.05) is 13.1 Å². The van der Waals surface area contributed by atoms with Crippen LogP contribution in [0.15, 0.2) is 35.1 Å². The Labute approximate surface area is 157 Å². The molecule has 0 fully saturated rings. The summed E-state index contributed by atoms with van der Waals surface area (Å²) in [7, 11) is 0. The molecule has 0 atom stereocenters. The summed E-state index contributed by atoms with van der Waals surface area (Å²) in [4.78, 5) is 38.3. The molecule has 0 spiro atoms. The van der Waals surface area contributed by atoms with Crippen molar-refractivity contribution in [3.63, 3.8) is 0 Å². The fourth-order valence-electron chi connectivity index (χ4n) is 2.82. The Morgan fingerprint density at radius 1 is 1.11 bits per heavy atom. The molecule has 1 heterocycles. The van der Waals surface area contributed by atoms with Crippen LogP contribution in [0.25, 0.3) is 0 Å². The summed E-state index contributed by atoms with van der Waals surface area (Å²) in [6.07, 6.45) is 0.649. The third-order valence-electron chi connectivity index (χ3n) is 4.29. The summed E-state index contributed by atoms with van der Waals surface area (Å²) in [5.41, 5.74) is 2.33. The van der Waals surface area contributed by atoms with Crippen LogP contribution in [0.3, 0.4) is 0 Å². The summed E-state index contributed by atoms with van der Waals surface area (Å²) in [5.74, 6) is -0.346. The predicted molar refractivity (Wildman–Crippen MR) is 101 cm³/mol. The van der Waals surface area contributed by atoms with E-state index >= 15 is 0 Å². The fraction of sp³-hybridized carbons (Fsp3) is 0.300. The van der Waals surface area contributed by atoms with Gasteiger partial charge >= 0.3 is 0 Å². The first-order chi connectivity index (χ1) is 12.9. The average molecular weight is 366 g/mol. The minimum Gasteiger partial charge on any atom is -0.354 e. The van der Waals surface area contributed by atoms with Crippen LogP contribution in [0.2, 0.25) is 0 Å². The van der Waals surface area contributed by atoms with Gasteiger partial charge in [-0.2, -0.15) is 5.26 Å². The van der Waals surface area contributed by atoms with Gasteiger partial charge in [0.05, 0.1) is 0 Å². The number of aromatic nitrogens is 1. The molecule has 1 aromatic heterocycles. The van der Waals surface area contributed by atoms with Crippen molar-refractivity contribution in [3.8, 4) is 6.07 Å². The lowest BCUT2D eigenvalue weighted by molar-refractivity contribution is -0.121. The van der Waals surface area contributed by atoms with E-state index in [1.807, 2.05) is 12.1 Å². The number of H-pyrrole nitrogens is 1. The van der Waals surface area contributed by atoms with Gasteiger partial charge in [-0.05, 0) is 43.5 Å². The Kier molecular flexibility index (Phi) is 6.89. The predicted octanol–water partition coefficient (Wildman–Crippen LogP) is 1.34. The van der Waals surface area contributed by atoms with Crippen molar-refractivity contribution in [1.29, 1.82) is 5.26 Å². The van der Waals surface area contributed by atoms with E-state index in [0.29, 0.717) is 36.3 Å². The number of carbonyl (C=O) groups excluding carboxylic acids is 2. The highest BCUT2D eigenvalue weighted by Gasteiger charge is 2.13. The van der Waals surface area contributed by atoms with E-state index < -0.39 is 5.56 Å². The van der Waals surface area contributed by atoms with E-state index in [-0.39, 0.29) is 23.8 Å². The van der Waals surface area contributed by atoms with Crippen LogP contribution < -0.4 is 16.2 Å². The Bertz CT molecular complexity index is 927. The van der Waals surface area contributed by atoms with Gasteiger partial charge in [-0.3, -0.25) is 14.4 Å². The van der Waals surface area contributed by atoms with E-state index in [4.69, 9.17) is 5.26 Å². The Morgan fingerprint density at radius 3 is 2.44 bits per heavy atom. The molecule has 2 rings (SSSR count). The van der Waals surface area contributed by atoms with Crippen molar-refractivity contribution < 1.29 is 9.59 Å². The summed E-state index contributed by atoms with van der Waals surface area (Å²) >= 11 is 0. The van der Waals surface area contributed by atoms with Crippen molar-refractivity contribution in [1.82, 2.24) is 15.6 Å². The van der Waals surface area contributed by atoms with Crippen molar-refractivity contribution in [3.05, 3.63) is 68.6 Å². The van der Waals surface area contributed by atoms with Gasteiger partial charge in [-0.1, -0.05) is 18.2 Å². The molecule has 0 saturated heterocycles. The fourth-order valence-corrected chi connectivity index (χ4v) is 2.82. The maximum absolute atomic E-state index is 12.0. The number of aryl methyl sites for hydroxylation is 1. The number of nitrogens with one attached hydrogen (secondary N) is 3. The Morgan fingerprint density at radius 2 is 1.78 bits per heavy atom. The Hall–Kier alpha value is -3.40. The van der Waals surface area contributed by atoms with E-state index in [9.17, 15) is 14.4 Å². The highest BCUT2D eigenvalue weighted by molar-refractivity contribution is 5.94. The zero-order valence-electron chi connectivity index (χ0n) is 15.4. The van der Waals surface area contributed by atoms with E-state index in [2.05, 4.69) is 15.6 Å². The lowest BCUT2D eigenvalue weighted by Crippen LogP contribution is -2.34. The smallest absolute Gasteiger partial charge is 0.266 e. The van der Waals surface area contributed by atoms with Gasteiger partial charge in [0.2, 0.25) is 5.91 Å². The lowest BCUT2D eigenvalue weighted by Gasteiger charge is -2.11. The molecule has 0 aliphatic carbocycles. The maximum Gasteiger partial charge on any atom is 0.266 e. The van der Waals surface area contributed by atoms with Crippen LogP contribution in [0, 0.1) is 25.2 Å². The molecular weight excluding hydrogens is 344 g/mol. The van der Waals surface area contributed by atoms with Crippen LogP contribution in [-0.2, 0) is 11.2 Å². The molecule has 0 aliphatic heterocycles. The normalized spacial score (nSPS) is 10.1. The third-order valence-corrected chi connectivity index (χ3v) is 4.29. The number of carbonyl (C=O) groups is 2. The second-order valence-electron chi connectivity index (χ2n) is 6.14. The van der Waals surface area contributed by atoms with Gasteiger partial charge in [0.25, 0.3) is 11.5 Å². The average Bonchev–Trinajstić information content (AvgIpc) is 2.65. The van der Waals surface area contributed by atoms with E-state index in [1.165, 1.54) is 0 Å². The second-order valence-corrected chi connectivity index (χ2v) is 6.14. The van der Waals surface area contributed by atoms with E-state index in [1.54, 1.807) is 38.1 Å². The number of aromatic amines is 1. The van der Waals surface area contributed by atoms with Gasteiger partial charge < -0.3 is 15.6 Å². The monoisotopic (exact) mass is 366 g/mol. The first-order valence-corrected chi connectivity index (χ1v) is 8.66. The summed E-state index contributed by atoms with van der Waals surface area (Å²) in [6.45, 7) is 4.12. The molecule has 7 heteroatoms. The third kappa shape index (κ3) is 5.28. The molecule has 0 bridgehead atoms. The summed E-state index contributed by atoms with van der Waals surface area (Å²) < 4.78 is 0. The van der Waals surface area contributed by atoms with Gasteiger partial charge in [0, 0.05) is 30.8 Å². The first-order valence-electron chi connectivity index (χ1n) is 8.66. The molecular formula is C20H22N4O3. The number of amides is 2. The molecule has 7 nitrogen and oxygen atoms in total. The number of nitrogens with zero attached hydrogens (tertiary/aromatic N) is 1. The number of nitriles is 1. The minimum atomic E-state index is -0.408. The zero-order chi connectivity index (χ0) is 19.8. The zero-order valence-corrected chi connectivity index (χ0v) is 15.4. The van der Waals surface area contributed by atoms with Crippen molar-refractivity contribution >= 4 is 11.8 Å². The highest BCUT2D eigenvalue weighted by atomic mass is 16.2. The largest absolute Gasteiger partial charge is 0.354 e. The topological polar surface area (TPSA) is 115 Å². The lowest BCUT2D eigenvalue weighted by atomic mass is 9.99. The van der Waals surface area contributed by atoms with Crippen molar-refractivity contribution in [2.24, 2.45) is 0 Å². The molecule has 1 aromatic carbocycles. The number of rotatable bonds is 7. The van der Waals surface area contributed by atoms with Gasteiger partial charge in [-0.25, -0.2) is 0 Å². The molecule has 27 heavy (non-hydrogen) atoms. The van der Waals surface area contributed by atoms with Gasteiger partial charge in [0.1, 0.15) is 11.6 Å². The molecule has 2 aromatic rings. The molecule has 140 valence electrons. The number of hydrogen-bond donors (Lipinski definition) is 3. The van der Waals surface area contributed by atoms with Crippen LogP contribution >= 0.6 is 0 Å².